The predicted molar refractivity (Wildman–Crippen MR) is 84.5 cm³/mol. The SMILES string of the molecule is C=CC(=O)NC1=C(C(=O)O)C(Nc2cccc(C(F)(F)F)c2)C=C=C1. The average molecular weight is 350 g/mol. The van der Waals surface area contributed by atoms with E-state index in [1.165, 1.54) is 24.3 Å². The van der Waals surface area contributed by atoms with E-state index in [2.05, 4.69) is 22.9 Å². The normalized spacial score (nSPS) is 16.5. The molecule has 1 atom stereocenters. The van der Waals surface area contributed by atoms with Crippen LogP contribution in [0.25, 0.3) is 0 Å². The van der Waals surface area contributed by atoms with Gasteiger partial charge in [0.05, 0.1) is 22.9 Å². The lowest BCUT2D eigenvalue weighted by Gasteiger charge is -2.21. The predicted octanol–water partition coefficient (Wildman–Crippen LogP) is 2.85. The number of alkyl halides is 3. The first-order chi connectivity index (χ1) is 11.7. The van der Waals surface area contributed by atoms with E-state index in [0.717, 1.165) is 18.2 Å². The Balaban J connectivity index is 2.35. The number of carbonyl (C=O) groups is 2. The van der Waals surface area contributed by atoms with Gasteiger partial charge in [-0.15, -0.1) is 5.73 Å². The Morgan fingerprint density at radius 1 is 1.32 bits per heavy atom. The lowest BCUT2D eigenvalue weighted by molar-refractivity contribution is -0.137. The van der Waals surface area contributed by atoms with E-state index in [0.29, 0.717) is 0 Å². The number of nitrogens with one attached hydrogen (secondary N) is 2. The summed E-state index contributed by atoms with van der Waals surface area (Å²) in [6.07, 6.45) is -0.953. The lowest BCUT2D eigenvalue weighted by atomic mass is 10.00. The van der Waals surface area contributed by atoms with Gasteiger partial charge < -0.3 is 15.7 Å². The molecule has 0 radical (unpaired) electrons. The molecule has 0 aliphatic heterocycles. The number of hydrogen-bond acceptors (Lipinski definition) is 3. The minimum atomic E-state index is -4.52. The van der Waals surface area contributed by atoms with Crippen LogP contribution < -0.4 is 10.6 Å². The van der Waals surface area contributed by atoms with Gasteiger partial charge >= 0.3 is 12.1 Å². The second-order valence-corrected chi connectivity index (χ2v) is 5.00. The molecule has 130 valence electrons. The maximum atomic E-state index is 12.8. The van der Waals surface area contributed by atoms with Crippen molar-refractivity contribution >= 4 is 17.6 Å². The number of allylic oxidation sites excluding steroid dienone is 1. The largest absolute Gasteiger partial charge is 0.478 e. The Labute approximate surface area is 140 Å². The fourth-order valence-electron chi connectivity index (χ4n) is 2.17. The van der Waals surface area contributed by atoms with E-state index in [1.807, 2.05) is 0 Å². The zero-order valence-electron chi connectivity index (χ0n) is 12.7. The van der Waals surface area contributed by atoms with Crippen molar-refractivity contribution in [1.82, 2.24) is 5.32 Å². The number of amides is 1. The third-order valence-electron chi connectivity index (χ3n) is 3.28. The minimum Gasteiger partial charge on any atom is -0.478 e. The smallest absolute Gasteiger partial charge is 0.416 e. The van der Waals surface area contributed by atoms with Crippen LogP contribution in [0, 0.1) is 0 Å². The van der Waals surface area contributed by atoms with Gasteiger partial charge in [-0.1, -0.05) is 12.6 Å². The highest BCUT2D eigenvalue weighted by atomic mass is 19.4. The monoisotopic (exact) mass is 350 g/mol. The summed E-state index contributed by atoms with van der Waals surface area (Å²) in [5.74, 6) is -1.95. The standard InChI is InChI=1S/C17H13F3N2O3/c1-2-14(23)22-13-8-4-7-12(15(13)16(24)25)21-11-6-3-5-10(9-11)17(18,19)20/h2-3,5-9,12,21H,1H2,(H,22,23)(H,24,25). The lowest BCUT2D eigenvalue weighted by Crippen LogP contribution is -2.32. The Hall–Kier alpha value is -3.25. The minimum absolute atomic E-state index is 0.0237. The van der Waals surface area contributed by atoms with E-state index in [1.54, 1.807) is 0 Å². The molecule has 0 bridgehead atoms. The fourth-order valence-corrected chi connectivity index (χ4v) is 2.17. The van der Waals surface area contributed by atoms with Crippen molar-refractivity contribution in [2.75, 3.05) is 5.32 Å². The van der Waals surface area contributed by atoms with Crippen LogP contribution in [0.3, 0.4) is 0 Å². The third kappa shape index (κ3) is 4.39. The zero-order chi connectivity index (χ0) is 18.6. The van der Waals surface area contributed by atoms with Crippen LogP contribution in [-0.2, 0) is 15.8 Å². The van der Waals surface area contributed by atoms with E-state index < -0.39 is 29.7 Å². The topological polar surface area (TPSA) is 78.4 Å². The first-order valence-corrected chi connectivity index (χ1v) is 6.99. The molecular formula is C17H13F3N2O3. The molecule has 0 aromatic heterocycles. The van der Waals surface area contributed by atoms with Crippen LogP contribution in [0.2, 0.25) is 0 Å². The Bertz CT molecular complexity index is 819. The molecule has 0 saturated carbocycles. The molecule has 0 spiro atoms. The molecule has 1 unspecified atom stereocenters. The molecule has 1 aromatic rings. The summed E-state index contributed by atoms with van der Waals surface area (Å²) < 4.78 is 38.3. The van der Waals surface area contributed by atoms with Gasteiger partial charge in [0.1, 0.15) is 0 Å². The molecule has 0 heterocycles. The average Bonchev–Trinajstić information content (AvgIpc) is 2.54. The van der Waals surface area contributed by atoms with Crippen molar-refractivity contribution in [1.29, 1.82) is 0 Å². The van der Waals surface area contributed by atoms with E-state index >= 15 is 0 Å². The second kappa shape index (κ2) is 7.11. The van der Waals surface area contributed by atoms with Gasteiger partial charge in [0.25, 0.3) is 0 Å². The maximum absolute atomic E-state index is 12.8. The fraction of sp³-hybridized carbons (Fsp3) is 0.118. The van der Waals surface area contributed by atoms with Gasteiger partial charge in [0.2, 0.25) is 5.91 Å². The van der Waals surface area contributed by atoms with Gasteiger partial charge in [-0.2, -0.15) is 13.2 Å². The Morgan fingerprint density at radius 2 is 2.04 bits per heavy atom. The molecule has 8 heteroatoms. The Morgan fingerprint density at radius 3 is 2.64 bits per heavy atom. The molecule has 3 N–H and O–H groups in total. The number of halogens is 3. The number of hydrogen-bond donors (Lipinski definition) is 3. The van der Waals surface area contributed by atoms with Crippen LogP contribution in [0.15, 0.2) is 66.1 Å². The summed E-state index contributed by atoms with van der Waals surface area (Å²) >= 11 is 0. The molecule has 2 rings (SSSR count). The summed E-state index contributed by atoms with van der Waals surface area (Å²) in [6, 6.07) is 3.38. The zero-order valence-corrected chi connectivity index (χ0v) is 12.7. The molecule has 0 saturated heterocycles. The van der Waals surface area contributed by atoms with Gasteiger partial charge in [-0.3, -0.25) is 4.79 Å². The van der Waals surface area contributed by atoms with E-state index in [9.17, 15) is 27.9 Å². The van der Waals surface area contributed by atoms with Crippen LogP contribution in [0.4, 0.5) is 18.9 Å². The van der Waals surface area contributed by atoms with Gasteiger partial charge in [0, 0.05) is 11.8 Å². The third-order valence-corrected chi connectivity index (χ3v) is 3.28. The second-order valence-electron chi connectivity index (χ2n) is 5.00. The van der Waals surface area contributed by atoms with Crippen molar-refractivity contribution in [3.05, 3.63) is 71.6 Å². The molecule has 1 aliphatic rings. The van der Waals surface area contributed by atoms with Crippen molar-refractivity contribution in [3.63, 3.8) is 0 Å². The number of anilines is 1. The number of benzene rings is 1. The summed E-state index contributed by atoms with van der Waals surface area (Å²) in [6.45, 7) is 3.27. The highest BCUT2D eigenvalue weighted by Gasteiger charge is 2.31. The highest BCUT2D eigenvalue weighted by molar-refractivity contribution is 5.95. The molecule has 1 amide bonds. The summed E-state index contributed by atoms with van der Waals surface area (Å²) in [7, 11) is 0. The van der Waals surface area contributed by atoms with Crippen LogP contribution in [0.1, 0.15) is 5.56 Å². The molecular weight excluding hydrogens is 337 g/mol. The summed E-state index contributed by atoms with van der Waals surface area (Å²) in [5.41, 5.74) is 1.62. The molecule has 1 aromatic carbocycles. The first kappa shape index (κ1) is 18.1. The van der Waals surface area contributed by atoms with E-state index in [4.69, 9.17) is 0 Å². The number of rotatable bonds is 5. The van der Waals surface area contributed by atoms with Gasteiger partial charge in [-0.05, 0) is 30.4 Å². The molecule has 25 heavy (non-hydrogen) atoms. The number of carboxylic acid groups (broad SMARTS) is 1. The van der Waals surface area contributed by atoms with E-state index in [-0.39, 0.29) is 17.0 Å². The Kier molecular flexibility index (Phi) is 5.14. The van der Waals surface area contributed by atoms with Crippen LogP contribution in [0.5, 0.6) is 0 Å². The number of carboxylic acids is 1. The molecule has 0 fully saturated rings. The molecule has 1 aliphatic carbocycles. The maximum Gasteiger partial charge on any atom is 0.416 e. The number of carbonyl (C=O) groups excluding carboxylic acids is 1. The van der Waals surface area contributed by atoms with Gasteiger partial charge in [0.15, 0.2) is 0 Å². The molecule has 5 nitrogen and oxygen atoms in total. The van der Waals surface area contributed by atoms with Crippen LogP contribution in [-0.4, -0.2) is 23.0 Å². The van der Waals surface area contributed by atoms with Crippen molar-refractivity contribution in [2.45, 2.75) is 12.2 Å². The summed E-state index contributed by atoms with van der Waals surface area (Å²) in [5, 5.41) is 14.4. The highest BCUT2D eigenvalue weighted by Crippen LogP contribution is 2.31. The van der Waals surface area contributed by atoms with Crippen LogP contribution >= 0.6 is 0 Å². The van der Waals surface area contributed by atoms with Crippen molar-refractivity contribution in [3.8, 4) is 0 Å². The van der Waals surface area contributed by atoms with Gasteiger partial charge in [-0.25, -0.2) is 4.79 Å². The number of aliphatic carboxylic acids is 1. The summed E-state index contributed by atoms with van der Waals surface area (Å²) in [4.78, 5) is 22.9. The van der Waals surface area contributed by atoms with Crippen molar-refractivity contribution < 1.29 is 27.9 Å². The first-order valence-electron chi connectivity index (χ1n) is 6.99. The van der Waals surface area contributed by atoms with Crippen molar-refractivity contribution in [2.24, 2.45) is 0 Å². The quantitative estimate of drug-likeness (QED) is 0.564.